The van der Waals surface area contributed by atoms with Crippen LogP contribution in [0.15, 0.2) is 40.9 Å². The van der Waals surface area contributed by atoms with Gasteiger partial charge in [0.2, 0.25) is 0 Å². The topological polar surface area (TPSA) is 69.4 Å². The van der Waals surface area contributed by atoms with E-state index in [1.807, 2.05) is 19.1 Å². The minimum Gasteiger partial charge on any atom is -0.456 e. The molecule has 2 aromatic rings. The minimum absolute atomic E-state index is 0.0651. The molecule has 0 radical (unpaired) electrons. The van der Waals surface area contributed by atoms with E-state index in [1.54, 1.807) is 6.07 Å². The number of hydrogen-bond donors (Lipinski definition) is 0. The van der Waals surface area contributed by atoms with Crippen molar-refractivity contribution in [3.05, 3.63) is 62.1 Å². The van der Waals surface area contributed by atoms with Gasteiger partial charge in [0.15, 0.2) is 5.78 Å². The molecule has 0 amide bonds. The van der Waals surface area contributed by atoms with Crippen LogP contribution in [-0.4, -0.2) is 10.7 Å². The molecule has 0 aromatic heterocycles. The van der Waals surface area contributed by atoms with E-state index in [0.717, 1.165) is 10.0 Å². The molecule has 0 aliphatic rings. The van der Waals surface area contributed by atoms with Crippen molar-refractivity contribution < 1.29 is 14.5 Å². The van der Waals surface area contributed by atoms with Crippen LogP contribution in [-0.2, 0) is 0 Å². The molecule has 0 fully saturated rings. The molecule has 0 atom stereocenters. The number of aryl methyl sites for hydroxylation is 1. The molecule has 5 nitrogen and oxygen atoms in total. The molecule has 2 rings (SSSR count). The molecule has 0 N–H and O–H groups in total. The van der Waals surface area contributed by atoms with Crippen LogP contribution in [0.2, 0.25) is 0 Å². The highest BCUT2D eigenvalue weighted by Crippen LogP contribution is 2.33. The Bertz CT molecular complexity index is 728. The molecule has 0 aliphatic heterocycles. The van der Waals surface area contributed by atoms with E-state index in [1.165, 1.54) is 25.1 Å². The third-order valence-electron chi connectivity index (χ3n) is 2.86. The van der Waals surface area contributed by atoms with E-state index in [0.29, 0.717) is 11.5 Å². The first kappa shape index (κ1) is 15.2. The average molecular weight is 350 g/mol. The molecule has 0 heterocycles. The van der Waals surface area contributed by atoms with Gasteiger partial charge in [-0.1, -0.05) is 6.07 Å². The number of benzene rings is 2. The van der Waals surface area contributed by atoms with E-state index in [-0.39, 0.29) is 17.0 Å². The number of nitrogens with zero attached hydrogens (tertiary/aromatic N) is 1. The van der Waals surface area contributed by atoms with Crippen molar-refractivity contribution >= 4 is 27.4 Å². The molecule has 0 spiro atoms. The standard InChI is InChI=1S/C15H12BrNO4/c1-9-3-6-15(13(16)7-9)21-11-4-5-12(10(2)18)14(8-11)17(19)20/h3-8H,1-2H3. The molecule has 0 saturated carbocycles. The van der Waals surface area contributed by atoms with E-state index in [9.17, 15) is 14.9 Å². The van der Waals surface area contributed by atoms with Gasteiger partial charge in [-0.05, 0) is 59.6 Å². The van der Waals surface area contributed by atoms with Gasteiger partial charge < -0.3 is 4.74 Å². The predicted octanol–water partition coefficient (Wildman–Crippen LogP) is 4.66. The zero-order valence-corrected chi connectivity index (χ0v) is 13.0. The number of halogens is 1. The highest BCUT2D eigenvalue weighted by molar-refractivity contribution is 9.10. The molecule has 0 saturated heterocycles. The maximum Gasteiger partial charge on any atom is 0.283 e. The number of ether oxygens (including phenoxy) is 1. The predicted molar refractivity (Wildman–Crippen MR) is 82.1 cm³/mol. The van der Waals surface area contributed by atoms with E-state index >= 15 is 0 Å². The Morgan fingerprint density at radius 1 is 1.24 bits per heavy atom. The molecular weight excluding hydrogens is 338 g/mol. The van der Waals surface area contributed by atoms with Gasteiger partial charge in [-0.2, -0.15) is 0 Å². The second kappa shape index (κ2) is 6.05. The fraction of sp³-hybridized carbons (Fsp3) is 0.133. The zero-order valence-electron chi connectivity index (χ0n) is 11.4. The van der Waals surface area contributed by atoms with Crippen LogP contribution in [0.3, 0.4) is 0 Å². The normalized spacial score (nSPS) is 10.2. The van der Waals surface area contributed by atoms with Crippen molar-refractivity contribution in [3.8, 4) is 11.5 Å². The van der Waals surface area contributed by atoms with Gasteiger partial charge >= 0.3 is 0 Å². The number of nitro benzene ring substituents is 1. The summed E-state index contributed by atoms with van der Waals surface area (Å²) in [6, 6.07) is 9.72. The molecule has 0 bridgehead atoms. The summed E-state index contributed by atoms with van der Waals surface area (Å²) in [5, 5.41) is 11.0. The summed E-state index contributed by atoms with van der Waals surface area (Å²) >= 11 is 3.38. The van der Waals surface area contributed by atoms with Crippen LogP contribution in [0.5, 0.6) is 11.5 Å². The largest absolute Gasteiger partial charge is 0.456 e. The Balaban J connectivity index is 2.39. The molecule has 21 heavy (non-hydrogen) atoms. The number of carbonyl (C=O) groups excluding carboxylic acids is 1. The Hall–Kier alpha value is -2.21. The van der Waals surface area contributed by atoms with Crippen molar-refractivity contribution in [3.63, 3.8) is 0 Å². The maximum absolute atomic E-state index is 11.4. The number of hydrogen-bond acceptors (Lipinski definition) is 4. The van der Waals surface area contributed by atoms with E-state index in [2.05, 4.69) is 15.9 Å². The Labute approximate surface area is 129 Å². The van der Waals surface area contributed by atoms with Gasteiger partial charge in [0, 0.05) is 0 Å². The fourth-order valence-electron chi connectivity index (χ4n) is 1.84. The lowest BCUT2D eigenvalue weighted by Crippen LogP contribution is -2.00. The summed E-state index contributed by atoms with van der Waals surface area (Å²) < 4.78 is 6.38. The van der Waals surface area contributed by atoms with Gasteiger partial charge in [-0.25, -0.2) is 0 Å². The van der Waals surface area contributed by atoms with Crippen LogP contribution in [0.4, 0.5) is 5.69 Å². The van der Waals surface area contributed by atoms with Crippen molar-refractivity contribution in [2.24, 2.45) is 0 Å². The highest BCUT2D eigenvalue weighted by atomic mass is 79.9. The minimum atomic E-state index is -0.590. The van der Waals surface area contributed by atoms with Gasteiger partial charge in [0.05, 0.1) is 21.0 Å². The summed E-state index contributed by atoms with van der Waals surface area (Å²) in [5.74, 6) is 0.492. The van der Waals surface area contributed by atoms with Crippen molar-refractivity contribution in [1.29, 1.82) is 0 Å². The summed E-state index contributed by atoms with van der Waals surface area (Å²) in [7, 11) is 0. The van der Waals surface area contributed by atoms with Crippen LogP contribution in [0, 0.1) is 17.0 Å². The summed E-state index contributed by atoms with van der Waals surface area (Å²) in [6.07, 6.45) is 0. The average Bonchev–Trinajstić information content (AvgIpc) is 2.41. The fourth-order valence-corrected chi connectivity index (χ4v) is 2.41. The third-order valence-corrected chi connectivity index (χ3v) is 3.48. The first-order valence-electron chi connectivity index (χ1n) is 6.12. The number of ketones is 1. The van der Waals surface area contributed by atoms with E-state index in [4.69, 9.17) is 4.74 Å². The molecule has 0 unspecified atom stereocenters. The van der Waals surface area contributed by atoms with Gasteiger partial charge in [-0.3, -0.25) is 14.9 Å². The first-order valence-corrected chi connectivity index (χ1v) is 6.91. The lowest BCUT2D eigenvalue weighted by molar-refractivity contribution is -0.385. The number of nitro groups is 1. The van der Waals surface area contributed by atoms with Crippen molar-refractivity contribution in [2.45, 2.75) is 13.8 Å². The number of Topliss-reactive ketones (excluding diaryl/α,β-unsaturated/α-hetero) is 1. The molecular formula is C15H12BrNO4. The lowest BCUT2D eigenvalue weighted by Gasteiger charge is -2.09. The van der Waals surface area contributed by atoms with Gasteiger partial charge in [0.25, 0.3) is 5.69 Å². The molecule has 108 valence electrons. The monoisotopic (exact) mass is 349 g/mol. The Kier molecular flexibility index (Phi) is 4.37. The number of carbonyl (C=O) groups is 1. The van der Waals surface area contributed by atoms with Gasteiger partial charge in [-0.15, -0.1) is 0 Å². The van der Waals surface area contributed by atoms with Crippen LogP contribution in [0.25, 0.3) is 0 Å². The first-order chi connectivity index (χ1) is 9.88. The highest BCUT2D eigenvalue weighted by Gasteiger charge is 2.18. The second-order valence-corrected chi connectivity index (χ2v) is 5.38. The summed E-state index contributed by atoms with van der Waals surface area (Å²) in [5.41, 5.74) is 0.866. The zero-order chi connectivity index (χ0) is 15.6. The van der Waals surface area contributed by atoms with Crippen LogP contribution < -0.4 is 4.74 Å². The second-order valence-electron chi connectivity index (χ2n) is 4.53. The van der Waals surface area contributed by atoms with Crippen molar-refractivity contribution in [2.75, 3.05) is 0 Å². The Morgan fingerprint density at radius 2 is 1.95 bits per heavy atom. The Morgan fingerprint density at radius 3 is 2.52 bits per heavy atom. The quantitative estimate of drug-likeness (QED) is 0.457. The molecule has 6 heteroatoms. The van der Waals surface area contributed by atoms with E-state index < -0.39 is 4.92 Å². The van der Waals surface area contributed by atoms with Crippen LogP contribution in [0.1, 0.15) is 22.8 Å². The van der Waals surface area contributed by atoms with Crippen LogP contribution >= 0.6 is 15.9 Å². The summed E-state index contributed by atoms with van der Waals surface area (Å²) in [6.45, 7) is 3.24. The van der Waals surface area contributed by atoms with Crippen molar-refractivity contribution in [1.82, 2.24) is 0 Å². The smallest absolute Gasteiger partial charge is 0.283 e. The lowest BCUT2D eigenvalue weighted by atomic mass is 10.1. The molecule has 0 aliphatic carbocycles. The SMILES string of the molecule is CC(=O)c1ccc(Oc2ccc(C)cc2Br)cc1[N+](=O)[O-]. The molecule has 2 aromatic carbocycles. The summed E-state index contributed by atoms with van der Waals surface area (Å²) in [4.78, 5) is 21.8. The van der Waals surface area contributed by atoms with Gasteiger partial charge in [0.1, 0.15) is 11.5 Å². The number of rotatable bonds is 4. The maximum atomic E-state index is 11.4. The third kappa shape index (κ3) is 3.46.